The number of ether oxygens (including phenoxy) is 2. The van der Waals surface area contributed by atoms with Gasteiger partial charge in [0.1, 0.15) is 16.8 Å². The molecule has 0 saturated heterocycles. The molecule has 9 heteroatoms. The van der Waals surface area contributed by atoms with Gasteiger partial charge in [-0.3, -0.25) is 14.4 Å². The Morgan fingerprint density at radius 1 is 0.788 bits per heavy atom. The van der Waals surface area contributed by atoms with Crippen molar-refractivity contribution in [2.75, 3.05) is 6.26 Å². The van der Waals surface area contributed by atoms with Crippen LogP contribution in [-0.4, -0.2) is 48.2 Å². The first-order valence-corrected chi connectivity index (χ1v) is 20.2. The lowest BCUT2D eigenvalue weighted by atomic mass is 9.74. The minimum absolute atomic E-state index is 0.148. The molecule has 0 bridgehead atoms. The van der Waals surface area contributed by atoms with Crippen molar-refractivity contribution in [2.24, 2.45) is 5.41 Å². The molecule has 4 rings (SSSR count). The van der Waals surface area contributed by atoms with Crippen LogP contribution in [0.1, 0.15) is 81.7 Å². The number of ketones is 1. The van der Waals surface area contributed by atoms with E-state index in [1.165, 1.54) is 25.6 Å². The van der Waals surface area contributed by atoms with Gasteiger partial charge in [0.2, 0.25) is 0 Å². The Labute approximate surface area is 314 Å². The van der Waals surface area contributed by atoms with Gasteiger partial charge in [0.05, 0.1) is 0 Å². The molecule has 0 amide bonds. The second-order valence-corrected chi connectivity index (χ2v) is 17.8. The van der Waals surface area contributed by atoms with E-state index in [0.717, 1.165) is 34.1 Å². The molecule has 3 aromatic carbocycles. The number of carbonyl (C=O) groups is 3. The summed E-state index contributed by atoms with van der Waals surface area (Å²) >= 11 is 1.48. The largest absolute Gasteiger partial charge is 0.459 e. The highest BCUT2D eigenvalue weighted by atomic mass is 32.2. The second-order valence-electron chi connectivity index (χ2n) is 14.3. The van der Waals surface area contributed by atoms with Crippen LogP contribution in [0.4, 0.5) is 0 Å². The summed E-state index contributed by atoms with van der Waals surface area (Å²) < 4.78 is 33.9. The number of Topliss-reactive ketones (excluding diaryl/α,β-unsaturated/α-hetero) is 1. The standard InChI is InChI=1S/C25H26O3S.C18H26O4S/c1-3-20-11-13-21(14-12-20)15-16-25(19(2)26,18-22-8-5-4-6-9-22)24(27)28-23-10-7-17-29-23;1-7-14-8-10-15(11-9-14)12-13-18(5,23(6,20)21)16(19)22-17(2,3)4/h3-9,11-14,17,23H,1,10,15-16,18H2,2H3;7-11H,1,12-13H2,2-6H3. The molecule has 0 fully saturated rings. The van der Waals surface area contributed by atoms with E-state index >= 15 is 0 Å². The molecular weight excluding hydrogens is 693 g/mol. The highest BCUT2D eigenvalue weighted by Gasteiger charge is 2.47. The fourth-order valence-corrected chi connectivity index (χ4v) is 7.11. The van der Waals surface area contributed by atoms with Gasteiger partial charge in [-0.25, -0.2) is 8.42 Å². The molecule has 0 aliphatic carbocycles. The summed E-state index contributed by atoms with van der Waals surface area (Å²) in [5.74, 6) is -1.27. The monoisotopic (exact) mass is 744 g/mol. The van der Waals surface area contributed by atoms with Crippen LogP contribution in [0.5, 0.6) is 0 Å². The lowest BCUT2D eigenvalue weighted by molar-refractivity contribution is -0.162. The summed E-state index contributed by atoms with van der Waals surface area (Å²) in [4.78, 5) is 38.6. The van der Waals surface area contributed by atoms with E-state index in [0.29, 0.717) is 32.1 Å². The van der Waals surface area contributed by atoms with Gasteiger partial charge in [-0.15, -0.1) is 0 Å². The summed E-state index contributed by atoms with van der Waals surface area (Å²) in [5, 5.41) is 1.94. The number of rotatable bonds is 15. The molecule has 0 radical (unpaired) electrons. The number of esters is 2. The third-order valence-electron chi connectivity index (χ3n) is 9.12. The van der Waals surface area contributed by atoms with Gasteiger partial charge in [-0.2, -0.15) is 0 Å². The van der Waals surface area contributed by atoms with Crippen molar-refractivity contribution in [1.82, 2.24) is 0 Å². The van der Waals surface area contributed by atoms with E-state index < -0.39 is 37.5 Å². The first-order chi connectivity index (χ1) is 24.4. The Morgan fingerprint density at radius 3 is 1.73 bits per heavy atom. The third kappa shape index (κ3) is 11.9. The topological polar surface area (TPSA) is 104 Å². The van der Waals surface area contributed by atoms with Crippen LogP contribution < -0.4 is 0 Å². The molecule has 0 spiro atoms. The Morgan fingerprint density at radius 2 is 1.31 bits per heavy atom. The van der Waals surface area contributed by atoms with Crippen molar-refractivity contribution < 1.29 is 32.3 Å². The summed E-state index contributed by atoms with van der Waals surface area (Å²) in [6.07, 6.45) is 9.30. The number of carbonyl (C=O) groups excluding carboxylic acids is 3. The van der Waals surface area contributed by atoms with E-state index in [2.05, 4.69) is 13.2 Å². The molecule has 278 valence electrons. The molecule has 1 aliphatic heterocycles. The first-order valence-electron chi connectivity index (χ1n) is 17.3. The molecule has 3 aromatic rings. The van der Waals surface area contributed by atoms with Crippen molar-refractivity contribution in [2.45, 2.75) is 88.9 Å². The molecule has 7 nitrogen and oxygen atoms in total. The number of hydrogen-bond donors (Lipinski definition) is 0. The van der Waals surface area contributed by atoms with Gasteiger partial charge in [-0.05, 0) is 99.9 Å². The van der Waals surface area contributed by atoms with Crippen LogP contribution in [0.3, 0.4) is 0 Å². The average Bonchev–Trinajstić information content (AvgIpc) is 3.62. The van der Waals surface area contributed by atoms with E-state index in [-0.39, 0.29) is 17.6 Å². The molecule has 3 unspecified atom stereocenters. The van der Waals surface area contributed by atoms with E-state index in [1.807, 2.05) is 90.3 Å². The Kier molecular flexibility index (Phi) is 15.0. The van der Waals surface area contributed by atoms with Crippen molar-refractivity contribution in [3.8, 4) is 0 Å². The number of benzene rings is 3. The Hall–Kier alpha value is -4.21. The summed E-state index contributed by atoms with van der Waals surface area (Å²) in [7, 11) is -3.61. The van der Waals surface area contributed by atoms with Crippen LogP contribution in [0.25, 0.3) is 12.2 Å². The molecule has 1 heterocycles. The van der Waals surface area contributed by atoms with Crippen LogP contribution in [0.15, 0.2) is 104 Å². The Balaban J connectivity index is 0.000000289. The zero-order valence-corrected chi connectivity index (χ0v) is 32.9. The SMILES string of the molecule is C=Cc1ccc(CCC(C)(C(=O)OC(C)(C)C)S(C)(=O)=O)cc1.C=Cc1ccc(CCC(Cc2ccccc2)(C(C)=O)C(=O)OC2CC=CS2)cc1. The average molecular weight is 745 g/mol. The van der Waals surface area contributed by atoms with Crippen LogP contribution >= 0.6 is 11.8 Å². The lowest BCUT2D eigenvalue weighted by Crippen LogP contribution is -2.47. The highest BCUT2D eigenvalue weighted by Crippen LogP contribution is 2.35. The highest BCUT2D eigenvalue weighted by molar-refractivity contribution is 8.02. The summed E-state index contributed by atoms with van der Waals surface area (Å²) in [6.45, 7) is 15.6. The number of sulfone groups is 1. The fourth-order valence-electron chi connectivity index (χ4n) is 5.53. The number of hydrogen-bond acceptors (Lipinski definition) is 8. The normalized spacial score (nSPS) is 16.3. The van der Waals surface area contributed by atoms with E-state index in [9.17, 15) is 22.8 Å². The van der Waals surface area contributed by atoms with Gasteiger partial charge >= 0.3 is 11.9 Å². The minimum atomic E-state index is -3.61. The van der Waals surface area contributed by atoms with E-state index in [1.54, 1.807) is 32.9 Å². The molecule has 3 atom stereocenters. The summed E-state index contributed by atoms with van der Waals surface area (Å²) in [5.41, 5.74) is 2.87. The maximum atomic E-state index is 13.3. The quantitative estimate of drug-likeness (QED) is 0.112. The van der Waals surface area contributed by atoms with E-state index in [4.69, 9.17) is 9.47 Å². The number of thioether (sulfide) groups is 1. The second kappa shape index (κ2) is 18.5. The predicted molar refractivity (Wildman–Crippen MR) is 213 cm³/mol. The number of aryl methyl sites for hydroxylation is 2. The smallest absolute Gasteiger partial charge is 0.327 e. The van der Waals surface area contributed by atoms with Gasteiger partial charge in [0.15, 0.2) is 20.0 Å². The maximum absolute atomic E-state index is 13.3. The molecule has 1 aliphatic rings. The fraction of sp³-hybridized carbons (Fsp3) is 0.372. The molecule has 0 N–H and O–H groups in total. The zero-order chi connectivity index (χ0) is 38.6. The molecule has 0 aromatic heterocycles. The van der Waals surface area contributed by atoms with Crippen molar-refractivity contribution >= 4 is 51.5 Å². The van der Waals surface area contributed by atoms with Gasteiger partial charge in [-0.1, -0.05) is 122 Å². The third-order valence-corrected chi connectivity index (χ3v) is 12.1. The van der Waals surface area contributed by atoms with Crippen LogP contribution in [0.2, 0.25) is 0 Å². The van der Waals surface area contributed by atoms with Crippen molar-refractivity contribution in [1.29, 1.82) is 0 Å². The molecule has 52 heavy (non-hydrogen) atoms. The first kappa shape index (κ1) is 42.2. The van der Waals surface area contributed by atoms with Gasteiger partial charge < -0.3 is 9.47 Å². The van der Waals surface area contributed by atoms with Gasteiger partial charge in [0, 0.05) is 12.7 Å². The molecular formula is C43H52O7S2. The van der Waals surface area contributed by atoms with Crippen LogP contribution in [0, 0.1) is 5.41 Å². The molecule has 0 saturated carbocycles. The zero-order valence-electron chi connectivity index (χ0n) is 31.2. The summed E-state index contributed by atoms with van der Waals surface area (Å²) in [6, 6.07) is 25.4. The minimum Gasteiger partial charge on any atom is -0.459 e. The Bertz CT molecular complexity index is 1810. The predicted octanol–water partition coefficient (Wildman–Crippen LogP) is 9.01. The van der Waals surface area contributed by atoms with Gasteiger partial charge in [0.25, 0.3) is 0 Å². The van der Waals surface area contributed by atoms with Crippen molar-refractivity contribution in [3.63, 3.8) is 0 Å². The maximum Gasteiger partial charge on any atom is 0.327 e. The van der Waals surface area contributed by atoms with Crippen LogP contribution in [-0.2, 0) is 53.0 Å². The lowest BCUT2D eigenvalue weighted by Gasteiger charge is -2.30. The van der Waals surface area contributed by atoms with Crippen molar-refractivity contribution in [3.05, 3.63) is 131 Å².